The number of allylic oxidation sites excluding steroid dienone is 1. The third-order valence-electron chi connectivity index (χ3n) is 4.33. The average Bonchev–Trinajstić information content (AvgIpc) is 2.95. The van der Waals surface area contributed by atoms with E-state index in [1.165, 1.54) is 0 Å². The molecule has 0 bridgehead atoms. The van der Waals surface area contributed by atoms with Gasteiger partial charge in [-0.25, -0.2) is 4.98 Å². The summed E-state index contributed by atoms with van der Waals surface area (Å²) in [4.78, 5) is 17.5. The first-order valence-electron chi connectivity index (χ1n) is 7.25. The van der Waals surface area contributed by atoms with Gasteiger partial charge in [0.15, 0.2) is 11.4 Å². The lowest BCUT2D eigenvalue weighted by Gasteiger charge is -2.31. The molecule has 0 radical (unpaired) electrons. The van der Waals surface area contributed by atoms with Crippen molar-refractivity contribution in [3.8, 4) is 0 Å². The number of nitrogens with zero attached hydrogens (tertiary/aromatic N) is 2. The number of nitrogen functional groups attached to an aromatic ring is 1. The van der Waals surface area contributed by atoms with Crippen LogP contribution in [-0.2, 0) is 6.42 Å². The van der Waals surface area contributed by atoms with E-state index in [-0.39, 0.29) is 22.1 Å². The molecule has 5 nitrogen and oxygen atoms in total. The number of rotatable bonds is 4. The number of halogens is 3. The molecule has 122 valence electrons. The summed E-state index contributed by atoms with van der Waals surface area (Å²) in [6.45, 7) is 0. The van der Waals surface area contributed by atoms with Crippen LogP contribution in [0.3, 0.4) is 0 Å². The number of nitrogens with two attached hydrogens (primary N) is 1. The topological polar surface area (TPSA) is 84.7 Å². The third-order valence-corrected chi connectivity index (χ3v) is 4.85. The first-order chi connectivity index (χ1) is 11.0. The first kappa shape index (κ1) is 16.6. The number of pyridine rings is 1. The van der Waals surface area contributed by atoms with E-state index >= 15 is 0 Å². The number of aromatic amines is 1. The Kier molecular flexibility index (Phi) is 4.80. The molecule has 23 heavy (non-hydrogen) atoms. The Hall–Kier alpha value is -1.30. The highest BCUT2D eigenvalue weighted by Crippen LogP contribution is 2.38. The fraction of sp³-hybridized carbons (Fsp3) is 0.400. The quantitative estimate of drug-likeness (QED) is 0.797. The van der Waals surface area contributed by atoms with Gasteiger partial charge in [-0.15, -0.1) is 11.6 Å². The van der Waals surface area contributed by atoms with Gasteiger partial charge < -0.3 is 5.73 Å². The number of ketones is 1. The van der Waals surface area contributed by atoms with Crippen LogP contribution >= 0.6 is 34.8 Å². The number of Topliss-reactive ketones (excluding diaryl/α,β-unsaturated/α-hetero) is 1. The highest BCUT2D eigenvalue weighted by atomic mass is 35.5. The van der Waals surface area contributed by atoms with Crippen molar-refractivity contribution in [2.75, 3.05) is 11.6 Å². The van der Waals surface area contributed by atoms with Crippen LogP contribution < -0.4 is 5.73 Å². The molecule has 2 aromatic rings. The Labute approximate surface area is 148 Å². The summed E-state index contributed by atoms with van der Waals surface area (Å²) in [5, 5.41) is 7.41. The van der Waals surface area contributed by atoms with Gasteiger partial charge in [0.2, 0.25) is 0 Å². The second-order valence-corrected chi connectivity index (χ2v) is 7.01. The first-order valence-corrected chi connectivity index (χ1v) is 8.54. The van der Waals surface area contributed by atoms with E-state index in [0.717, 1.165) is 0 Å². The standard InChI is InChI=1S/C15H15Cl3N4O/c16-4-3-7-5-10-12(14(23)8(7)1-2-11(17)18)13(19)9-6-20-22-15(9)21-10/h2,6-8H,1,3-5H2,(H3,19,20,21,22). The van der Waals surface area contributed by atoms with Crippen LogP contribution in [0.5, 0.6) is 0 Å². The van der Waals surface area contributed by atoms with E-state index < -0.39 is 0 Å². The minimum Gasteiger partial charge on any atom is -0.397 e. The molecule has 3 N–H and O–H groups in total. The molecule has 1 aliphatic rings. The lowest BCUT2D eigenvalue weighted by Crippen LogP contribution is -2.33. The van der Waals surface area contributed by atoms with Gasteiger partial charge >= 0.3 is 0 Å². The van der Waals surface area contributed by atoms with Gasteiger partial charge in [0.25, 0.3) is 0 Å². The van der Waals surface area contributed by atoms with Crippen molar-refractivity contribution < 1.29 is 4.79 Å². The number of anilines is 1. The molecule has 0 saturated heterocycles. The number of hydrogen-bond acceptors (Lipinski definition) is 4. The number of nitrogens with one attached hydrogen (secondary N) is 1. The Morgan fingerprint density at radius 3 is 2.96 bits per heavy atom. The van der Waals surface area contributed by atoms with Crippen molar-refractivity contribution in [2.24, 2.45) is 11.8 Å². The van der Waals surface area contributed by atoms with Gasteiger partial charge in [0.05, 0.1) is 28.5 Å². The molecule has 8 heteroatoms. The number of alkyl halides is 1. The lowest BCUT2D eigenvalue weighted by molar-refractivity contribution is 0.0850. The zero-order valence-corrected chi connectivity index (χ0v) is 14.4. The summed E-state index contributed by atoms with van der Waals surface area (Å²) in [5.74, 6) is 0.287. The smallest absolute Gasteiger partial charge is 0.170 e. The predicted molar refractivity (Wildman–Crippen MR) is 93.1 cm³/mol. The Bertz CT molecular complexity index is 782. The highest BCUT2D eigenvalue weighted by molar-refractivity contribution is 6.55. The Morgan fingerprint density at radius 1 is 1.48 bits per heavy atom. The SMILES string of the molecule is Nc1c2c(nc3[nH]ncc13)CC(CCCl)C(CC=C(Cl)Cl)C2=O. The Morgan fingerprint density at radius 2 is 2.26 bits per heavy atom. The summed E-state index contributed by atoms with van der Waals surface area (Å²) >= 11 is 17.3. The number of aromatic nitrogens is 3. The van der Waals surface area contributed by atoms with Crippen LogP contribution in [0.4, 0.5) is 5.69 Å². The molecular formula is C15H15Cl3N4O. The second-order valence-electron chi connectivity index (χ2n) is 5.62. The van der Waals surface area contributed by atoms with E-state index in [1.54, 1.807) is 12.3 Å². The van der Waals surface area contributed by atoms with Gasteiger partial charge in [0.1, 0.15) is 4.49 Å². The zero-order chi connectivity index (χ0) is 16.6. The highest BCUT2D eigenvalue weighted by Gasteiger charge is 2.37. The minimum atomic E-state index is -0.248. The van der Waals surface area contributed by atoms with Crippen molar-refractivity contribution in [1.82, 2.24) is 15.2 Å². The molecule has 0 saturated carbocycles. The zero-order valence-electron chi connectivity index (χ0n) is 12.2. The molecule has 2 heterocycles. The summed E-state index contributed by atoms with van der Waals surface area (Å²) in [6.07, 6.45) is 5.06. The van der Waals surface area contributed by atoms with Gasteiger partial charge in [-0.1, -0.05) is 29.3 Å². The van der Waals surface area contributed by atoms with E-state index in [4.69, 9.17) is 40.5 Å². The summed E-state index contributed by atoms with van der Waals surface area (Å²) in [7, 11) is 0. The lowest BCUT2D eigenvalue weighted by atomic mass is 9.73. The van der Waals surface area contributed by atoms with Crippen LogP contribution in [0.25, 0.3) is 11.0 Å². The summed E-state index contributed by atoms with van der Waals surface area (Å²) in [5.41, 5.74) is 8.42. The third kappa shape index (κ3) is 3.05. The number of hydrogen-bond donors (Lipinski definition) is 2. The van der Waals surface area contributed by atoms with E-state index in [1.807, 2.05) is 0 Å². The van der Waals surface area contributed by atoms with Crippen molar-refractivity contribution in [3.63, 3.8) is 0 Å². The van der Waals surface area contributed by atoms with Crippen molar-refractivity contribution >= 4 is 57.3 Å². The summed E-state index contributed by atoms with van der Waals surface area (Å²) in [6, 6.07) is 0. The largest absolute Gasteiger partial charge is 0.397 e. The molecular weight excluding hydrogens is 359 g/mol. The minimum absolute atomic E-state index is 0.0275. The molecule has 0 aromatic carbocycles. The van der Waals surface area contributed by atoms with Gasteiger partial charge in [-0.05, 0) is 25.2 Å². The van der Waals surface area contributed by atoms with Crippen LogP contribution in [0.2, 0.25) is 0 Å². The van der Waals surface area contributed by atoms with Crippen molar-refractivity contribution in [3.05, 3.63) is 28.0 Å². The molecule has 0 amide bonds. The molecule has 0 fully saturated rings. The summed E-state index contributed by atoms with van der Waals surface area (Å²) < 4.78 is 0.157. The monoisotopic (exact) mass is 372 g/mol. The maximum atomic E-state index is 13.0. The van der Waals surface area contributed by atoms with E-state index in [2.05, 4.69) is 15.2 Å². The molecule has 2 aromatic heterocycles. The van der Waals surface area contributed by atoms with Crippen LogP contribution in [0, 0.1) is 11.8 Å². The number of carbonyl (C=O) groups excluding carboxylic acids is 1. The number of carbonyl (C=O) groups is 1. The maximum Gasteiger partial charge on any atom is 0.170 e. The molecule has 0 spiro atoms. The van der Waals surface area contributed by atoms with E-state index in [0.29, 0.717) is 53.1 Å². The van der Waals surface area contributed by atoms with Crippen LogP contribution in [0.1, 0.15) is 28.9 Å². The fourth-order valence-electron chi connectivity index (χ4n) is 3.21. The normalized spacial score (nSPS) is 20.6. The van der Waals surface area contributed by atoms with Gasteiger partial charge in [-0.2, -0.15) is 5.10 Å². The predicted octanol–water partition coefficient (Wildman–Crippen LogP) is 3.85. The fourth-order valence-corrected chi connectivity index (χ4v) is 3.67. The molecule has 0 aliphatic heterocycles. The second kappa shape index (κ2) is 6.67. The Balaban J connectivity index is 2.08. The van der Waals surface area contributed by atoms with Crippen LogP contribution in [-0.4, -0.2) is 26.8 Å². The van der Waals surface area contributed by atoms with E-state index in [9.17, 15) is 4.79 Å². The van der Waals surface area contributed by atoms with Crippen LogP contribution in [0.15, 0.2) is 16.8 Å². The maximum absolute atomic E-state index is 13.0. The molecule has 3 rings (SSSR count). The molecule has 2 unspecified atom stereocenters. The number of H-pyrrole nitrogens is 1. The van der Waals surface area contributed by atoms with Gasteiger partial charge in [-0.3, -0.25) is 9.89 Å². The van der Waals surface area contributed by atoms with Crippen molar-refractivity contribution in [1.29, 1.82) is 0 Å². The number of fused-ring (bicyclic) bond motifs is 2. The van der Waals surface area contributed by atoms with Gasteiger partial charge in [0, 0.05) is 11.8 Å². The molecule has 1 aliphatic carbocycles. The molecule has 2 atom stereocenters. The average molecular weight is 374 g/mol. The van der Waals surface area contributed by atoms with Crippen molar-refractivity contribution in [2.45, 2.75) is 19.3 Å².